The summed E-state index contributed by atoms with van der Waals surface area (Å²) in [4.78, 5) is 69.6. The van der Waals surface area contributed by atoms with Crippen LogP contribution in [-0.4, -0.2) is 127 Å². The van der Waals surface area contributed by atoms with Gasteiger partial charge >= 0.3 is 0 Å². The van der Waals surface area contributed by atoms with Crippen LogP contribution in [-0.2, 0) is 23.9 Å². The highest BCUT2D eigenvalue weighted by Crippen LogP contribution is 2.24. The molecule has 3 aliphatic rings. The number of benzene rings is 2. The van der Waals surface area contributed by atoms with Gasteiger partial charge in [-0.25, -0.2) is 0 Å². The van der Waals surface area contributed by atoms with Crippen LogP contribution in [0.1, 0.15) is 21.5 Å². The Morgan fingerprint density at radius 1 is 1.09 bits per heavy atom. The summed E-state index contributed by atoms with van der Waals surface area (Å²) in [6.07, 6.45) is -3.38. The highest BCUT2D eigenvalue weighted by atomic mass is 16.5. The quantitative estimate of drug-likeness (QED) is 0.266. The molecule has 15 nitrogen and oxygen atoms in total. The molecule has 0 aromatic heterocycles. The van der Waals surface area contributed by atoms with Crippen LogP contribution < -0.4 is 15.5 Å². The number of morpholine rings is 1. The van der Waals surface area contributed by atoms with E-state index in [1.54, 1.807) is 36.2 Å². The number of amidine groups is 2. The number of ether oxygens (including phenoxy) is 1. The number of amides is 5. The minimum atomic E-state index is -1.86. The number of aliphatic hydroxyl groups excluding tert-OH is 1. The van der Waals surface area contributed by atoms with Gasteiger partial charge in [-0.3, -0.25) is 34.8 Å². The van der Waals surface area contributed by atoms with Gasteiger partial charge in [0, 0.05) is 61.8 Å². The van der Waals surface area contributed by atoms with Crippen LogP contribution in [0.3, 0.4) is 0 Å². The lowest BCUT2D eigenvalue weighted by atomic mass is 10.1. The second-order valence-corrected chi connectivity index (χ2v) is 10.7. The Morgan fingerprint density at radius 3 is 2.59 bits per heavy atom. The van der Waals surface area contributed by atoms with Crippen molar-refractivity contribution in [2.75, 3.05) is 63.6 Å². The smallest absolute Gasteiger partial charge is 0.259 e. The van der Waals surface area contributed by atoms with E-state index in [4.69, 9.17) is 15.6 Å². The molecule has 2 fully saturated rings. The van der Waals surface area contributed by atoms with Gasteiger partial charge in [-0.05, 0) is 36.4 Å². The molecule has 230 valence electrons. The molecule has 5 amide bonds. The van der Waals surface area contributed by atoms with Gasteiger partial charge in [0.2, 0.25) is 11.8 Å². The number of likely N-dealkylation sites (N-methyl/N-ethyl adjacent to an activating group) is 2. The van der Waals surface area contributed by atoms with E-state index in [1.807, 2.05) is 0 Å². The molecule has 2 saturated heterocycles. The molecule has 0 bridgehead atoms. The lowest BCUT2D eigenvalue weighted by Gasteiger charge is -2.34. The van der Waals surface area contributed by atoms with Gasteiger partial charge in [-0.1, -0.05) is 6.07 Å². The van der Waals surface area contributed by atoms with Gasteiger partial charge < -0.3 is 40.1 Å². The molecule has 0 spiro atoms. The van der Waals surface area contributed by atoms with E-state index in [1.165, 1.54) is 39.9 Å². The zero-order valence-electron chi connectivity index (χ0n) is 24.1. The number of nitrogens with zero attached hydrogens (tertiary/aromatic N) is 4. The number of rotatable bonds is 7. The Kier molecular flexibility index (Phi) is 8.42. The van der Waals surface area contributed by atoms with E-state index < -0.39 is 29.9 Å². The first kappa shape index (κ1) is 30.3. The Labute approximate surface area is 252 Å². The molecule has 0 radical (unpaired) electrons. The van der Waals surface area contributed by atoms with E-state index in [0.717, 1.165) is 0 Å². The van der Waals surface area contributed by atoms with Crippen molar-refractivity contribution in [3.63, 3.8) is 0 Å². The fourth-order valence-corrected chi connectivity index (χ4v) is 5.12. The number of hydrogen-bond donors (Lipinski definition) is 5. The average molecular weight is 605 g/mol. The maximum Gasteiger partial charge on any atom is 0.259 e. The third kappa shape index (κ3) is 6.00. The van der Waals surface area contributed by atoms with Crippen molar-refractivity contribution in [3.8, 4) is 0 Å². The third-order valence-electron chi connectivity index (χ3n) is 7.69. The van der Waals surface area contributed by atoms with Gasteiger partial charge in [-0.15, -0.1) is 0 Å². The van der Waals surface area contributed by atoms with Gasteiger partial charge in [0.1, 0.15) is 11.7 Å². The first-order chi connectivity index (χ1) is 20.9. The molecule has 0 aliphatic carbocycles. The largest absolute Gasteiger partial charge is 0.380 e. The van der Waals surface area contributed by atoms with Crippen LogP contribution in [0.5, 0.6) is 0 Å². The van der Waals surface area contributed by atoms with E-state index in [2.05, 4.69) is 10.6 Å². The predicted octanol–water partition coefficient (Wildman–Crippen LogP) is -0.955. The number of fused-ring (bicyclic) bond motifs is 1. The van der Waals surface area contributed by atoms with Crippen LogP contribution in [0.2, 0.25) is 0 Å². The number of hydrogen-bond acceptors (Lipinski definition) is 9. The van der Waals surface area contributed by atoms with Crippen molar-refractivity contribution >= 4 is 52.6 Å². The molecule has 5 rings (SSSR count). The highest BCUT2D eigenvalue weighted by Gasteiger charge is 2.40. The molecule has 2 atom stereocenters. The van der Waals surface area contributed by atoms with Crippen molar-refractivity contribution in [1.82, 2.24) is 20.0 Å². The molecule has 3 aliphatic heterocycles. The normalized spacial score (nSPS) is 19.0. The lowest BCUT2D eigenvalue weighted by molar-refractivity contribution is -0.150. The molecule has 15 heteroatoms. The molecule has 0 saturated carbocycles. The van der Waals surface area contributed by atoms with Gasteiger partial charge in [0.15, 0.2) is 12.2 Å². The zero-order chi connectivity index (χ0) is 31.7. The minimum absolute atomic E-state index is 0.00751. The third-order valence-corrected chi connectivity index (χ3v) is 7.69. The Hall–Kier alpha value is -5.15. The van der Waals surface area contributed by atoms with Crippen LogP contribution in [0.4, 0.5) is 11.4 Å². The van der Waals surface area contributed by atoms with E-state index in [0.29, 0.717) is 29.9 Å². The SMILES string of the molecule is CN1CCN(C(=O)CN(C)C(=O)c2cccc(N3CCO[C@H]([C@@H](O)C(=O)Nc4ccc5c(c4)C(=N)NC5=N)C3=O)c2)CC1=O. The van der Waals surface area contributed by atoms with Crippen molar-refractivity contribution in [2.45, 2.75) is 12.2 Å². The summed E-state index contributed by atoms with van der Waals surface area (Å²) in [7, 11) is 3.14. The highest BCUT2D eigenvalue weighted by molar-refractivity contribution is 6.23. The monoisotopic (exact) mass is 604 g/mol. The first-order valence-electron chi connectivity index (χ1n) is 13.8. The summed E-state index contributed by atoms with van der Waals surface area (Å²) in [5, 5.41) is 31.6. The first-order valence-corrected chi connectivity index (χ1v) is 13.8. The number of carbonyl (C=O) groups is 5. The van der Waals surface area contributed by atoms with Gasteiger partial charge in [0.25, 0.3) is 17.7 Å². The molecule has 3 heterocycles. The maximum absolute atomic E-state index is 13.4. The molecule has 44 heavy (non-hydrogen) atoms. The topological polar surface area (TPSA) is 200 Å². The van der Waals surface area contributed by atoms with Crippen LogP contribution >= 0.6 is 0 Å². The molecule has 2 aromatic rings. The van der Waals surface area contributed by atoms with E-state index >= 15 is 0 Å². The number of carbonyl (C=O) groups excluding carboxylic acids is 5. The minimum Gasteiger partial charge on any atom is -0.380 e. The summed E-state index contributed by atoms with van der Waals surface area (Å²) in [5.74, 6) is -2.50. The van der Waals surface area contributed by atoms with Crippen LogP contribution in [0, 0.1) is 10.8 Å². The maximum atomic E-state index is 13.4. The molecule has 2 aromatic carbocycles. The average Bonchev–Trinajstić information content (AvgIpc) is 3.29. The summed E-state index contributed by atoms with van der Waals surface area (Å²) in [5.41, 5.74) is 1.74. The lowest BCUT2D eigenvalue weighted by Crippen LogP contribution is -2.55. The molecular formula is C29H32N8O7. The van der Waals surface area contributed by atoms with Crippen molar-refractivity contribution in [1.29, 1.82) is 10.8 Å². The molecular weight excluding hydrogens is 572 g/mol. The Bertz CT molecular complexity index is 1580. The Balaban J connectivity index is 1.23. The summed E-state index contributed by atoms with van der Waals surface area (Å²) in [6, 6.07) is 10.8. The van der Waals surface area contributed by atoms with E-state index in [-0.39, 0.29) is 61.0 Å². The summed E-state index contributed by atoms with van der Waals surface area (Å²) >= 11 is 0. The van der Waals surface area contributed by atoms with E-state index in [9.17, 15) is 29.1 Å². The van der Waals surface area contributed by atoms with Gasteiger partial charge in [0.05, 0.1) is 19.7 Å². The second kappa shape index (κ2) is 12.2. The summed E-state index contributed by atoms with van der Waals surface area (Å²) in [6.45, 7) is 0.644. The zero-order valence-corrected chi connectivity index (χ0v) is 24.1. The van der Waals surface area contributed by atoms with Gasteiger partial charge in [-0.2, -0.15) is 0 Å². The summed E-state index contributed by atoms with van der Waals surface area (Å²) < 4.78 is 5.48. The van der Waals surface area contributed by atoms with Crippen molar-refractivity contribution < 1.29 is 33.8 Å². The standard InChI is InChI=1S/C29H32N8O7/c1-34-8-9-36(15-21(34)38)22(39)14-35(2)28(42)16-4-3-5-18(12-16)37-10-11-44-24(29(37)43)23(40)27(41)32-17-6-7-19-20(13-17)26(31)33-25(19)30/h3-7,12-13,23-24,40H,8-11,14-15H2,1-2H3,(H,32,41)(H3,30,31,33)/t23-,24-/m1/s1. The second-order valence-electron chi connectivity index (χ2n) is 10.7. The van der Waals surface area contributed by atoms with Crippen LogP contribution in [0.25, 0.3) is 0 Å². The van der Waals surface area contributed by atoms with Crippen molar-refractivity contribution in [2.24, 2.45) is 0 Å². The predicted molar refractivity (Wildman–Crippen MR) is 158 cm³/mol. The number of anilines is 2. The molecule has 0 unspecified atom stereocenters. The molecule has 5 N–H and O–H groups in total. The van der Waals surface area contributed by atoms with Crippen molar-refractivity contribution in [3.05, 3.63) is 59.2 Å². The number of nitrogens with one attached hydrogen (secondary N) is 4. The number of aliphatic hydroxyl groups is 1. The fourth-order valence-electron chi connectivity index (χ4n) is 5.12. The fraction of sp³-hybridized carbons (Fsp3) is 0.345. The number of piperazine rings is 1. The Morgan fingerprint density at radius 2 is 1.84 bits per heavy atom. The van der Waals surface area contributed by atoms with Crippen LogP contribution in [0.15, 0.2) is 42.5 Å².